The van der Waals surface area contributed by atoms with Gasteiger partial charge in [-0.15, -0.1) is 0 Å². The number of β-amino-alcohol motifs (C(OH)–C–C–N with tert-alkyl or cyclic N) is 1. The molecule has 122 valence electrons. The number of ether oxygens (including phenoxy) is 1. The maximum absolute atomic E-state index is 11.7. The maximum Gasteiger partial charge on any atom is 0.308 e. The number of hydrogen-bond donors (Lipinski definition) is 1. The van der Waals surface area contributed by atoms with E-state index in [0.29, 0.717) is 19.4 Å². The van der Waals surface area contributed by atoms with E-state index in [4.69, 9.17) is 4.74 Å². The van der Waals surface area contributed by atoms with E-state index in [2.05, 4.69) is 16.7 Å². The minimum Gasteiger partial charge on any atom is -0.466 e. The van der Waals surface area contributed by atoms with Crippen molar-refractivity contribution < 1.29 is 14.6 Å². The molecule has 5 nitrogen and oxygen atoms in total. The fourth-order valence-electron chi connectivity index (χ4n) is 3.49. The molecule has 0 aromatic heterocycles. The van der Waals surface area contributed by atoms with Crippen LogP contribution in [0.5, 0.6) is 0 Å². The van der Waals surface area contributed by atoms with E-state index in [1.807, 2.05) is 6.92 Å². The zero-order chi connectivity index (χ0) is 15.3. The summed E-state index contributed by atoms with van der Waals surface area (Å²) in [4.78, 5) is 16.6. The van der Waals surface area contributed by atoms with Crippen molar-refractivity contribution in [2.24, 2.45) is 5.92 Å². The summed E-state index contributed by atoms with van der Waals surface area (Å²) in [7, 11) is 0. The van der Waals surface area contributed by atoms with E-state index < -0.39 is 5.60 Å². The van der Waals surface area contributed by atoms with Crippen LogP contribution in [0.25, 0.3) is 0 Å². The van der Waals surface area contributed by atoms with Gasteiger partial charge in [0.15, 0.2) is 0 Å². The quantitative estimate of drug-likeness (QED) is 0.771. The van der Waals surface area contributed by atoms with Crippen LogP contribution in [0.1, 0.15) is 39.5 Å². The average molecular weight is 298 g/mol. The van der Waals surface area contributed by atoms with Crippen molar-refractivity contribution in [2.45, 2.75) is 45.1 Å². The predicted octanol–water partition coefficient (Wildman–Crippen LogP) is 1.11. The van der Waals surface area contributed by atoms with Gasteiger partial charge in [-0.05, 0) is 39.2 Å². The van der Waals surface area contributed by atoms with Gasteiger partial charge in [0.25, 0.3) is 0 Å². The Bertz CT molecular complexity index is 332. The lowest BCUT2D eigenvalue weighted by Gasteiger charge is -2.41. The van der Waals surface area contributed by atoms with Crippen molar-refractivity contribution in [2.75, 3.05) is 45.9 Å². The van der Waals surface area contributed by atoms with Crippen molar-refractivity contribution >= 4 is 5.97 Å². The highest BCUT2D eigenvalue weighted by Crippen LogP contribution is 2.33. The number of hydrogen-bond acceptors (Lipinski definition) is 5. The van der Waals surface area contributed by atoms with Gasteiger partial charge in [-0.2, -0.15) is 0 Å². The summed E-state index contributed by atoms with van der Waals surface area (Å²) in [5, 5.41) is 10.8. The molecule has 1 saturated carbocycles. The predicted molar refractivity (Wildman–Crippen MR) is 82.1 cm³/mol. The van der Waals surface area contributed by atoms with E-state index in [9.17, 15) is 9.90 Å². The molecule has 1 N–H and O–H groups in total. The highest BCUT2D eigenvalue weighted by Gasteiger charge is 2.37. The van der Waals surface area contributed by atoms with Gasteiger partial charge in [0.05, 0.1) is 18.1 Å². The molecule has 0 atom stereocenters. The van der Waals surface area contributed by atoms with Crippen LogP contribution in [-0.4, -0.2) is 72.4 Å². The third kappa shape index (κ3) is 4.66. The van der Waals surface area contributed by atoms with Crippen LogP contribution < -0.4 is 0 Å². The van der Waals surface area contributed by atoms with Gasteiger partial charge >= 0.3 is 5.97 Å². The van der Waals surface area contributed by atoms with E-state index >= 15 is 0 Å². The molecule has 21 heavy (non-hydrogen) atoms. The maximum atomic E-state index is 11.7. The Morgan fingerprint density at radius 2 is 1.71 bits per heavy atom. The third-order valence-electron chi connectivity index (χ3n) is 4.97. The number of piperazine rings is 1. The van der Waals surface area contributed by atoms with Crippen molar-refractivity contribution in [3.8, 4) is 0 Å². The van der Waals surface area contributed by atoms with Gasteiger partial charge in [0.2, 0.25) is 0 Å². The lowest BCUT2D eigenvalue weighted by Crippen LogP contribution is -2.53. The molecule has 1 aliphatic carbocycles. The monoisotopic (exact) mass is 298 g/mol. The van der Waals surface area contributed by atoms with Gasteiger partial charge in [0.1, 0.15) is 0 Å². The molecule has 0 aromatic rings. The van der Waals surface area contributed by atoms with Gasteiger partial charge in [-0.25, -0.2) is 0 Å². The molecule has 1 aliphatic heterocycles. The standard InChI is InChI=1S/C16H30N2O3/c1-3-17-9-11-18(12-10-17)13-16(20)7-5-14(6-8-16)15(19)21-4-2/h14,20H,3-13H2,1-2H3. The Hall–Kier alpha value is -0.650. The molecule has 1 saturated heterocycles. The van der Waals surface area contributed by atoms with Crippen LogP contribution in [0.15, 0.2) is 0 Å². The van der Waals surface area contributed by atoms with Gasteiger partial charge in [0, 0.05) is 32.7 Å². The van der Waals surface area contributed by atoms with Crippen LogP contribution >= 0.6 is 0 Å². The third-order valence-corrected chi connectivity index (χ3v) is 4.97. The first kappa shape index (κ1) is 16.7. The van der Waals surface area contributed by atoms with Crippen molar-refractivity contribution in [3.63, 3.8) is 0 Å². The SMILES string of the molecule is CCOC(=O)C1CCC(O)(CN2CCN(CC)CC2)CC1. The Morgan fingerprint density at radius 1 is 1.14 bits per heavy atom. The molecule has 2 fully saturated rings. The molecule has 1 heterocycles. The highest BCUT2D eigenvalue weighted by molar-refractivity contribution is 5.72. The van der Waals surface area contributed by atoms with Gasteiger partial charge in [-0.3, -0.25) is 9.69 Å². The van der Waals surface area contributed by atoms with Crippen LogP contribution in [0, 0.1) is 5.92 Å². The smallest absolute Gasteiger partial charge is 0.308 e. The molecular formula is C16H30N2O3. The summed E-state index contributed by atoms with van der Waals surface area (Å²) in [6, 6.07) is 0. The van der Waals surface area contributed by atoms with E-state index in [1.165, 1.54) is 0 Å². The zero-order valence-electron chi connectivity index (χ0n) is 13.5. The summed E-state index contributed by atoms with van der Waals surface area (Å²) in [5.41, 5.74) is -0.614. The summed E-state index contributed by atoms with van der Waals surface area (Å²) >= 11 is 0. The van der Waals surface area contributed by atoms with Crippen molar-refractivity contribution in [3.05, 3.63) is 0 Å². The first-order chi connectivity index (χ1) is 10.1. The zero-order valence-corrected chi connectivity index (χ0v) is 13.5. The largest absolute Gasteiger partial charge is 0.466 e. The Kier molecular flexibility index (Phi) is 6.02. The number of esters is 1. The van der Waals surface area contributed by atoms with Crippen LogP contribution in [0.2, 0.25) is 0 Å². The number of carbonyl (C=O) groups is 1. The second kappa shape index (κ2) is 7.56. The van der Waals surface area contributed by atoms with Gasteiger partial charge < -0.3 is 14.7 Å². The molecular weight excluding hydrogens is 268 g/mol. The Morgan fingerprint density at radius 3 is 2.24 bits per heavy atom. The van der Waals surface area contributed by atoms with Crippen LogP contribution in [0.3, 0.4) is 0 Å². The first-order valence-electron chi connectivity index (χ1n) is 8.40. The van der Waals surface area contributed by atoms with E-state index in [1.54, 1.807) is 0 Å². The van der Waals surface area contributed by atoms with E-state index in [-0.39, 0.29) is 11.9 Å². The van der Waals surface area contributed by atoms with Crippen molar-refractivity contribution in [1.82, 2.24) is 9.80 Å². The lowest BCUT2D eigenvalue weighted by atomic mass is 9.78. The van der Waals surface area contributed by atoms with E-state index in [0.717, 1.165) is 52.1 Å². The first-order valence-corrected chi connectivity index (χ1v) is 8.40. The molecule has 0 radical (unpaired) electrons. The molecule has 2 aliphatic rings. The fraction of sp³-hybridized carbons (Fsp3) is 0.938. The average Bonchev–Trinajstić information content (AvgIpc) is 2.48. The molecule has 0 spiro atoms. The molecule has 0 bridgehead atoms. The number of carbonyl (C=O) groups excluding carboxylic acids is 1. The summed E-state index contributed by atoms with van der Waals surface area (Å²) < 4.78 is 5.09. The second-order valence-electron chi connectivity index (χ2n) is 6.46. The molecule has 2 rings (SSSR count). The summed E-state index contributed by atoms with van der Waals surface area (Å²) in [5.74, 6) is -0.0988. The fourth-order valence-corrected chi connectivity index (χ4v) is 3.49. The normalized spacial score (nSPS) is 32.0. The molecule has 0 unspecified atom stereocenters. The van der Waals surface area contributed by atoms with Crippen LogP contribution in [-0.2, 0) is 9.53 Å². The lowest BCUT2D eigenvalue weighted by molar-refractivity contribution is -0.151. The van der Waals surface area contributed by atoms with Gasteiger partial charge in [-0.1, -0.05) is 6.92 Å². The topological polar surface area (TPSA) is 53.0 Å². The minimum atomic E-state index is -0.614. The van der Waals surface area contributed by atoms with Crippen LogP contribution in [0.4, 0.5) is 0 Å². The molecule has 5 heteroatoms. The Labute approximate surface area is 128 Å². The number of aliphatic hydroxyl groups is 1. The summed E-state index contributed by atoms with van der Waals surface area (Å²) in [6.45, 7) is 10.6. The highest BCUT2D eigenvalue weighted by atomic mass is 16.5. The number of nitrogens with zero attached hydrogens (tertiary/aromatic N) is 2. The number of likely N-dealkylation sites (N-methyl/N-ethyl adjacent to an activating group) is 1. The molecule has 0 aromatic carbocycles. The number of rotatable bonds is 5. The van der Waals surface area contributed by atoms with Crippen molar-refractivity contribution in [1.29, 1.82) is 0 Å². The second-order valence-corrected chi connectivity index (χ2v) is 6.46. The minimum absolute atomic E-state index is 0.0119. The Balaban J connectivity index is 1.76. The summed E-state index contributed by atoms with van der Waals surface area (Å²) in [6.07, 6.45) is 2.93. The molecule has 0 amide bonds.